The molecule has 0 bridgehead atoms. The van der Waals surface area contributed by atoms with Gasteiger partial charge in [0.25, 0.3) is 0 Å². The second-order valence-electron chi connectivity index (χ2n) is 7.75. The standard InChI is InChI=1S/C23H27N3O3S/c27-23(10-6-7-18-17-24-22-9-3-2-8-21(18)22)25-19-11-13-20(14-12-19)30(28,29)26-15-4-1-5-16-26/h2-3,8-9,11-14,17,24H,1,4-7,10,15-16H2,(H,25,27). The summed E-state index contributed by atoms with van der Waals surface area (Å²) >= 11 is 0. The Hall–Kier alpha value is -2.64. The summed E-state index contributed by atoms with van der Waals surface area (Å²) in [7, 11) is -3.45. The third-order valence-corrected chi connectivity index (χ3v) is 7.53. The fourth-order valence-corrected chi connectivity index (χ4v) is 5.48. The number of nitrogens with one attached hydrogen (secondary N) is 2. The minimum Gasteiger partial charge on any atom is -0.361 e. The van der Waals surface area contributed by atoms with Crippen LogP contribution in [0.3, 0.4) is 0 Å². The number of aromatic nitrogens is 1. The van der Waals surface area contributed by atoms with Gasteiger partial charge in [-0.25, -0.2) is 8.42 Å². The van der Waals surface area contributed by atoms with Crippen molar-refractivity contribution < 1.29 is 13.2 Å². The van der Waals surface area contributed by atoms with Crippen LogP contribution in [-0.4, -0.2) is 36.7 Å². The second-order valence-corrected chi connectivity index (χ2v) is 9.69. The number of nitrogens with zero attached hydrogens (tertiary/aromatic N) is 1. The number of aromatic amines is 1. The van der Waals surface area contributed by atoms with Gasteiger partial charge in [0.05, 0.1) is 4.90 Å². The van der Waals surface area contributed by atoms with Crippen LogP contribution in [0.4, 0.5) is 5.69 Å². The number of rotatable bonds is 7. The Morgan fingerprint density at radius 2 is 1.73 bits per heavy atom. The lowest BCUT2D eigenvalue weighted by molar-refractivity contribution is -0.116. The van der Waals surface area contributed by atoms with Crippen LogP contribution in [0.5, 0.6) is 0 Å². The zero-order valence-corrected chi connectivity index (χ0v) is 17.7. The first-order valence-electron chi connectivity index (χ1n) is 10.5. The number of carbonyl (C=O) groups excluding carboxylic acids is 1. The summed E-state index contributed by atoms with van der Waals surface area (Å²) in [5, 5.41) is 4.06. The van der Waals surface area contributed by atoms with E-state index in [0.717, 1.165) is 37.6 Å². The van der Waals surface area contributed by atoms with Gasteiger partial charge in [-0.3, -0.25) is 4.79 Å². The van der Waals surface area contributed by atoms with Gasteiger partial charge in [0.15, 0.2) is 0 Å². The summed E-state index contributed by atoms with van der Waals surface area (Å²) in [6.45, 7) is 1.16. The number of piperidine rings is 1. The average Bonchev–Trinajstić information content (AvgIpc) is 3.18. The molecule has 0 aliphatic carbocycles. The SMILES string of the molecule is O=C(CCCc1c[nH]c2ccccc12)Nc1ccc(S(=O)(=O)N2CCCCC2)cc1. The molecule has 4 rings (SSSR count). The van der Waals surface area contributed by atoms with Crippen LogP contribution >= 0.6 is 0 Å². The molecule has 0 spiro atoms. The number of para-hydroxylation sites is 1. The maximum Gasteiger partial charge on any atom is 0.243 e. The van der Waals surface area contributed by atoms with E-state index in [0.29, 0.717) is 25.2 Å². The fraction of sp³-hybridized carbons (Fsp3) is 0.348. The van der Waals surface area contributed by atoms with Gasteiger partial charge >= 0.3 is 0 Å². The van der Waals surface area contributed by atoms with Gasteiger partial charge < -0.3 is 10.3 Å². The predicted molar refractivity (Wildman–Crippen MR) is 119 cm³/mol. The van der Waals surface area contributed by atoms with Crippen molar-refractivity contribution in [3.8, 4) is 0 Å². The van der Waals surface area contributed by atoms with Crippen LogP contribution in [0, 0.1) is 0 Å². The highest BCUT2D eigenvalue weighted by atomic mass is 32.2. The number of carbonyl (C=O) groups is 1. The Kier molecular flexibility index (Phi) is 6.20. The molecule has 1 saturated heterocycles. The highest BCUT2D eigenvalue weighted by Crippen LogP contribution is 2.22. The molecule has 3 aromatic rings. The summed E-state index contributed by atoms with van der Waals surface area (Å²) in [5.74, 6) is -0.0681. The van der Waals surface area contributed by atoms with Gasteiger partial charge in [0.1, 0.15) is 0 Å². The molecule has 0 unspecified atom stereocenters. The molecule has 0 atom stereocenters. The molecule has 1 aliphatic rings. The lowest BCUT2D eigenvalue weighted by atomic mass is 10.1. The number of hydrogen-bond acceptors (Lipinski definition) is 3. The zero-order valence-electron chi connectivity index (χ0n) is 16.9. The highest BCUT2D eigenvalue weighted by Gasteiger charge is 2.25. The van der Waals surface area contributed by atoms with E-state index in [2.05, 4.69) is 16.4 Å². The number of H-pyrrole nitrogens is 1. The first-order chi connectivity index (χ1) is 14.5. The first kappa shape index (κ1) is 20.6. The van der Waals surface area contributed by atoms with Crippen molar-refractivity contribution in [2.75, 3.05) is 18.4 Å². The van der Waals surface area contributed by atoms with Crippen molar-refractivity contribution in [1.82, 2.24) is 9.29 Å². The number of sulfonamides is 1. The lowest BCUT2D eigenvalue weighted by Gasteiger charge is -2.25. The minimum atomic E-state index is -3.45. The van der Waals surface area contributed by atoms with Gasteiger partial charge in [-0.2, -0.15) is 4.31 Å². The van der Waals surface area contributed by atoms with E-state index in [9.17, 15) is 13.2 Å². The molecule has 1 fully saturated rings. The van der Waals surface area contributed by atoms with Gasteiger partial charge in [-0.1, -0.05) is 24.6 Å². The van der Waals surface area contributed by atoms with Crippen LogP contribution in [0.25, 0.3) is 10.9 Å². The molecular formula is C23H27N3O3S. The summed E-state index contributed by atoms with van der Waals surface area (Å²) in [6, 6.07) is 14.6. The van der Waals surface area contributed by atoms with E-state index in [-0.39, 0.29) is 10.8 Å². The van der Waals surface area contributed by atoms with E-state index < -0.39 is 10.0 Å². The van der Waals surface area contributed by atoms with Gasteiger partial charge in [-0.15, -0.1) is 0 Å². The van der Waals surface area contributed by atoms with Crippen molar-refractivity contribution in [3.05, 3.63) is 60.3 Å². The Labute approximate surface area is 177 Å². The Morgan fingerprint density at radius 3 is 2.50 bits per heavy atom. The van der Waals surface area contributed by atoms with Crippen molar-refractivity contribution in [2.24, 2.45) is 0 Å². The molecule has 1 aliphatic heterocycles. The van der Waals surface area contributed by atoms with Gasteiger partial charge in [0.2, 0.25) is 15.9 Å². The Bertz CT molecular complexity index is 1110. The monoisotopic (exact) mass is 425 g/mol. The number of anilines is 1. The smallest absolute Gasteiger partial charge is 0.243 e. The van der Waals surface area contributed by atoms with Gasteiger partial charge in [0, 0.05) is 42.3 Å². The molecule has 0 saturated carbocycles. The molecule has 158 valence electrons. The molecule has 2 N–H and O–H groups in total. The maximum atomic E-state index is 12.7. The lowest BCUT2D eigenvalue weighted by Crippen LogP contribution is -2.35. The summed E-state index contributed by atoms with van der Waals surface area (Å²) in [6.07, 6.45) is 6.88. The van der Waals surface area contributed by atoms with Crippen molar-refractivity contribution in [3.63, 3.8) is 0 Å². The molecule has 7 heteroatoms. The molecule has 30 heavy (non-hydrogen) atoms. The van der Waals surface area contributed by atoms with Crippen molar-refractivity contribution in [1.29, 1.82) is 0 Å². The third kappa shape index (κ3) is 4.57. The summed E-state index contributed by atoms with van der Waals surface area (Å²) < 4.78 is 27.0. The van der Waals surface area contributed by atoms with E-state index in [1.807, 2.05) is 24.4 Å². The van der Waals surface area contributed by atoms with E-state index >= 15 is 0 Å². The maximum absolute atomic E-state index is 12.7. The third-order valence-electron chi connectivity index (χ3n) is 5.62. The zero-order chi connectivity index (χ0) is 21.0. The van der Waals surface area contributed by atoms with Crippen LogP contribution in [0.15, 0.2) is 59.6 Å². The predicted octanol–water partition coefficient (Wildman–Crippen LogP) is 4.30. The Morgan fingerprint density at radius 1 is 1.00 bits per heavy atom. The highest BCUT2D eigenvalue weighted by molar-refractivity contribution is 7.89. The molecule has 1 aromatic heterocycles. The molecule has 2 aromatic carbocycles. The molecule has 6 nitrogen and oxygen atoms in total. The first-order valence-corrected chi connectivity index (χ1v) is 11.9. The summed E-state index contributed by atoms with van der Waals surface area (Å²) in [4.78, 5) is 15.8. The number of benzene rings is 2. The van der Waals surface area contributed by atoms with Crippen LogP contribution in [0.1, 0.15) is 37.7 Å². The average molecular weight is 426 g/mol. The number of hydrogen-bond donors (Lipinski definition) is 2. The molecule has 2 heterocycles. The van der Waals surface area contributed by atoms with E-state index in [1.165, 1.54) is 10.9 Å². The fourth-order valence-electron chi connectivity index (χ4n) is 3.97. The molecular weight excluding hydrogens is 398 g/mol. The van der Waals surface area contributed by atoms with Gasteiger partial charge in [-0.05, 0) is 61.6 Å². The van der Waals surface area contributed by atoms with Crippen LogP contribution in [-0.2, 0) is 21.2 Å². The second kappa shape index (κ2) is 9.02. The molecule has 0 radical (unpaired) electrons. The number of amides is 1. The molecule has 1 amide bonds. The topological polar surface area (TPSA) is 82.3 Å². The largest absolute Gasteiger partial charge is 0.361 e. The van der Waals surface area contributed by atoms with Crippen molar-refractivity contribution >= 4 is 32.5 Å². The van der Waals surface area contributed by atoms with Crippen LogP contribution in [0.2, 0.25) is 0 Å². The van der Waals surface area contributed by atoms with E-state index in [1.54, 1.807) is 28.6 Å². The minimum absolute atomic E-state index is 0.0681. The number of aryl methyl sites for hydroxylation is 1. The van der Waals surface area contributed by atoms with E-state index in [4.69, 9.17) is 0 Å². The summed E-state index contributed by atoms with van der Waals surface area (Å²) in [5.41, 5.74) is 2.94. The van der Waals surface area contributed by atoms with Crippen LogP contribution < -0.4 is 5.32 Å². The quantitative estimate of drug-likeness (QED) is 0.592. The number of fused-ring (bicyclic) bond motifs is 1. The Balaban J connectivity index is 1.30. The van der Waals surface area contributed by atoms with Crippen molar-refractivity contribution in [2.45, 2.75) is 43.4 Å². The normalized spacial score (nSPS) is 15.3.